The number of carbonyl (C=O) groups excluding carboxylic acids is 1. The maximum Gasteiger partial charge on any atom is 0.220 e. The molecule has 486 valence electrons. The van der Waals surface area contributed by atoms with Gasteiger partial charge in [-0.3, -0.25) is 4.79 Å². The first-order valence-corrected chi connectivity index (χ1v) is 36.0. The van der Waals surface area contributed by atoms with E-state index in [1.807, 2.05) is 0 Å². The van der Waals surface area contributed by atoms with Gasteiger partial charge in [0.05, 0.1) is 25.4 Å². The number of hydrogen-bond donors (Lipinski definition) is 6. The molecule has 1 aliphatic heterocycles. The molecule has 1 rings (SSSR count). The van der Waals surface area contributed by atoms with E-state index in [-0.39, 0.29) is 12.5 Å². The summed E-state index contributed by atoms with van der Waals surface area (Å²) in [7, 11) is 0. The van der Waals surface area contributed by atoms with Crippen LogP contribution in [0.3, 0.4) is 0 Å². The summed E-state index contributed by atoms with van der Waals surface area (Å²) in [6.45, 7) is 3.77. The van der Waals surface area contributed by atoms with Gasteiger partial charge in [0, 0.05) is 6.42 Å². The second kappa shape index (κ2) is 62.9. The van der Waals surface area contributed by atoms with Crippen molar-refractivity contribution in [1.29, 1.82) is 0 Å². The van der Waals surface area contributed by atoms with E-state index < -0.39 is 49.5 Å². The molecule has 0 spiro atoms. The first-order valence-electron chi connectivity index (χ1n) is 36.0. The number of unbranched alkanes of at least 4 members (excludes halogenated alkanes) is 43. The second-order valence-corrected chi connectivity index (χ2v) is 25.0. The predicted molar refractivity (Wildman–Crippen MR) is 355 cm³/mol. The van der Waals surface area contributed by atoms with E-state index in [1.54, 1.807) is 0 Å². The molecule has 0 aromatic heterocycles. The lowest BCUT2D eigenvalue weighted by molar-refractivity contribution is -0.302. The first-order chi connectivity index (χ1) is 40.8. The van der Waals surface area contributed by atoms with Gasteiger partial charge in [-0.2, -0.15) is 0 Å². The second-order valence-electron chi connectivity index (χ2n) is 25.0. The molecule has 1 aliphatic rings. The van der Waals surface area contributed by atoms with Gasteiger partial charge in [0.2, 0.25) is 5.91 Å². The fourth-order valence-corrected chi connectivity index (χ4v) is 11.5. The van der Waals surface area contributed by atoms with Gasteiger partial charge in [-0.25, -0.2) is 0 Å². The van der Waals surface area contributed by atoms with Crippen LogP contribution in [0.2, 0.25) is 0 Å². The van der Waals surface area contributed by atoms with Crippen molar-refractivity contribution in [3.63, 3.8) is 0 Å². The zero-order chi connectivity index (χ0) is 60.0. The number of amides is 1. The number of nitrogens with one attached hydrogen (secondary N) is 1. The number of allylic oxidation sites excluding steroid dienone is 10. The van der Waals surface area contributed by atoms with Crippen LogP contribution in [-0.2, 0) is 14.3 Å². The summed E-state index contributed by atoms with van der Waals surface area (Å²) >= 11 is 0. The normalized spacial score (nSPS) is 18.6. The van der Waals surface area contributed by atoms with Crippen molar-refractivity contribution < 1.29 is 39.8 Å². The summed E-state index contributed by atoms with van der Waals surface area (Å²) in [6, 6.07) is -0.723. The van der Waals surface area contributed by atoms with Crippen molar-refractivity contribution in [3.8, 4) is 0 Å². The highest BCUT2D eigenvalue weighted by atomic mass is 16.7. The number of aliphatic hydroxyl groups is 5. The third-order valence-corrected chi connectivity index (χ3v) is 17.1. The molecule has 6 N–H and O–H groups in total. The summed E-state index contributed by atoms with van der Waals surface area (Å²) in [6.07, 6.45) is 80.1. The molecule has 9 heteroatoms. The van der Waals surface area contributed by atoms with Crippen LogP contribution in [-0.4, -0.2) is 87.5 Å². The number of ether oxygens (including phenoxy) is 2. The zero-order valence-electron chi connectivity index (χ0n) is 54.5. The third kappa shape index (κ3) is 51.6. The zero-order valence-corrected chi connectivity index (χ0v) is 54.5. The highest BCUT2D eigenvalue weighted by Crippen LogP contribution is 2.24. The summed E-state index contributed by atoms with van der Waals surface area (Å²) < 4.78 is 11.4. The van der Waals surface area contributed by atoms with Crippen molar-refractivity contribution in [2.24, 2.45) is 0 Å². The van der Waals surface area contributed by atoms with Gasteiger partial charge < -0.3 is 40.3 Å². The largest absolute Gasteiger partial charge is 0.394 e. The minimum atomic E-state index is -1.56. The van der Waals surface area contributed by atoms with Gasteiger partial charge >= 0.3 is 0 Å². The van der Waals surface area contributed by atoms with Crippen LogP contribution >= 0.6 is 0 Å². The van der Waals surface area contributed by atoms with E-state index >= 15 is 0 Å². The average Bonchev–Trinajstić information content (AvgIpc) is 3.61. The topological polar surface area (TPSA) is 149 Å². The molecule has 0 aromatic rings. The van der Waals surface area contributed by atoms with Crippen LogP contribution in [0.15, 0.2) is 60.8 Å². The van der Waals surface area contributed by atoms with E-state index in [1.165, 1.54) is 250 Å². The van der Waals surface area contributed by atoms with Gasteiger partial charge in [0.15, 0.2) is 6.29 Å². The van der Waals surface area contributed by atoms with E-state index in [0.717, 1.165) is 70.6 Å². The Hall–Kier alpha value is -2.11. The molecule has 0 radical (unpaired) electrons. The Morgan fingerprint density at radius 3 is 1.11 bits per heavy atom. The smallest absolute Gasteiger partial charge is 0.220 e. The summed E-state index contributed by atoms with van der Waals surface area (Å²) in [5.74, 6) is -0.140. The van der Waals surface area contributed by atoms with E-state index in [4.69, 9.17) is 9.47 Å². The van der Waals surface area contributed by atoms with Crippen molar-refractivity contribution in [1.82, 2.24) is 5.32 Å². The van der Waals surface area contributed by atoms with E-state index in [9.17, 15) is 30.3 Å². The lowest BCUT2D eigenvalue weighted by Crippen LogP contribution is -2.60. The Morgan fingerprint density at radius 1 is 0.422 bits per heavy atom. The van der Waals surface area contributed by atoms with Crippen molar-refractivity contribution in [2.45, 2.75) is 391 Å². The summed E-state index contributed by atoms with van der Waals surface area (Å²) in [4.78, 5) is 13.2. The molecule has 83 heavy (non-hydrogen) atoms. The predicted octanol–water partition coefficient (Wildman–Crippen LogP) is 19.8. The first kappa shape index (κ1) is 78.9. The summed E-state index contributed by atoms with van der Waals surface area (Å²) in [5, 5.41) is 55.0. The molecule has 9 nitrogen and oxygen atoms in total. The molecular formula is C74H137NO8. The SMILES string of the molecule is CC/C=C\C/C=C\C/C=C\C/C=C\C/C=C\CCCCCCCCCCCCCCCCCC(=O)NC(COC1OC(CO)C(O)C(O)C1O)C(O)CCCCCCCCCCCCCCCCCCCCCCCCCCCCCCC. The van der Waals surface area contributed by atoms with Crippen LogP contribution < -0.4 is 5.32 Å². The van der Waals surface area contributed by atoms with Crippen LogP contribution in [0.5, 0.6) is 0 Å². The fraction of sp³-hybridized carbons (Fsp3) is 0.851. The molecule has 0 saturated carbocycles. The lowest BCUT2D eigenvalue weighted by atomic mass is 9.99. The molecule has 0 aliphatic carbocycles. The molecule has 7 atom stereocenters. The lowest BCUT2D eigenvalue weighted by Gasteiger charge is -2.40. The van der Waals surface area contributed by atoms with Crippen LogP contribution in [0, 0.1) is 0 Å². The van der Waals surface area contributed by atoms with Gasteiger partial charge in [-0.05, 0) is 57.8 Å². The number of aliphatic hydroxyl groups excluding tert-OH is 5. The quantitative estimate of drug-likeness (QED) is 0.0261. The molecule has 0 bridgehead atoms. The number of rotatable bonds is 63. The monoisotopic (exact) mass is 1170 g/mol. The minimum Gasteiger partial charge on any atom is -0.394 e. The average molecular weight is 1170 g/mol. The Kier molecular flexibility index (Phi) is 59.8. The molecular weight excluding hydrogens is 1030 g/mol. The van der Waals surface area contributed by atoms with Crippen LogP contribution in [0.25, 0.3) is 0 Å². The van der Waals surface area contributed by atoms with Gasteiger partial charge in [-0.15, -0.1) is 0 Å². The van der Waals surface area contributed by atoms with Crippen molar-refractivity contribution >= 4 is 5.91 Å². The van der Waals surface area contributed by atoms with Gasteiger partial charge in [0.25, 0.3) is 0 Å². The highest BCUT2D eigenvalue weighted by molar-refractivity contribution is 5.76. The van der Waals surface area contributed by atoms with Gasteiger partial charge in [-0.1, -0.05) is 344 Å². The van der Waals surface area contributed by atoms with Crippen molar-refractivity contribution in [3.05, 3.63) is 60.8 Å². The summed E-state index contributed by atoms with van der Waals surface area (Å²) in [5.41, 5.74) is 0. The van der Waals surface area contributed by atoms with E-state index in [0.29, 0.717) is 12.8 Å². The van der Waals surface area contributed by atoms with Gasteiger partial charge in [0.1, 0.15) is 24.4 Å². The maximum atomic E-state index is 13.2. The van der Waals surface area contributed by atoms with Crippen LogP contribution in [0.4, 0.5) is 0 Å². The molecule has 1 heterocycles. The number of hydrogen-bond acceptors (Lipinski definition) is 8. The Bertz CT molecular complexity index is 1500. The Balaban J connectivity index is 2.10. The molecule has 1 saturated heterocycles. The van der Waals surface area contributed by atoms with E-state index in [2.05, 4.69) is 79.9 Å². The fourth-order valence-electron chi connectivity index (χ4n) is 11.5. The minimum absolute atomic E-state index is 0.137. The Morgan fingerprint density at radius 2 is 0.747 bits per heavy atom. The maximum absolute atomic E-state index is 13.2. The Labute approximate surface area is 513 Å². The standard InChI is InChI=1S/C74H137NO8/c1-3-5-7-9-11-13-15-17-19-21-23-25-27-29-31-33-34-36-38-40-42-44-46-48-50-52-54-56-58-60-62-64-70(78)75-67(66-82-74-73(81)72(80)71(79)69(65-76)83-74)68(77)63-61-59-57-55-53-51-49-47-45-43-41-39-37-35-32-30-28-26-24-22-20-18-16-14-12-10-8-6-4-2/h5,7,11,13,17,19,23,25,29,31,67-69,71-74,76-77,79-81H,3-4,6,8-10,12,14-16,18,20-22,24,26-28,30,32-66H2,1-2H3,(H,75,78)/b7-5-,13-11-,19-17-,25-23-,31-29-. The van der Waals surface area contributed by atoms with Crippen molar-refractivity contribution in [2.75, 3.05) is 13.2 Å². The molecule has 7 unspecified atom stereocenters. The molecule has 0 aromatic carbocycles. The molecule has 1 fully saturated rings. The molecule has 1 amide bonds. The highest BCUT2D eigenvalue weighted by Gasteiger charge is 2.44. The third-order valence-electron chi connectivity index (χ3n) is 17.1. The number of carbonyl (C=O) groups is 1. The van der Waals surface area contributed by atoms with Crippen LogP contribution in [0.1, 0.15) is 348 Å².